The Hall–Kier alpha value is -0.160. The fraction of sp³-hybridized carbons (Fsp3) is 1.00. The summed E-state index contributed by atoms with van der Waals surface area (Å²) in [5.41, 5.74) is 0. The highest BCUT2D eigenvalue weighted by Gasteiger charge is 1.87. The van der Waals surface area contributed by atoms with Gasteiger partial charge in [-0.15, -0.1) is 0 Å². The first-order valence-electron chi connectivity index (χ1n) is 3.67. The highest BCUT2D eigenvalue weighted by molar-refractivity contribution is 4.31. The molecule has 0 aromatic rings. The Labute approximate surface area is 89.2 Å². The molecule has 92 valence electrons. The topological polar surface area (TPSA) is 47.9 Å². The Morgan fingerprint density at radius 1 is 0.786 bits per heavy atom. The van der Waals surface area contributed by atoms with Crippen molar-refractivity contribution >= 4 is 0 Å². The zero-order chi connectivity index (χ0) is 8.36. The van der Waals surface area contributed by atoms with Crippen LogP contribution in [-0.4, -0.2) is 51.9 Å². The van der Waals surface area contributed by atoms with Crippen LogP contribution in [0.15, 0.2) is 0 Å². The molecular formula is C10H28O4. The largest absolute Gasteiger partial charge is 0.394 e. The molecule has 4 nitrogen and oxygen atoms in total. The van der Waals surface area contributed by atoms with Gasteiger partial charge < -0.3 is 19.3 Å². The van der Waals surface area contributed by atoms with Gasteiger partial charge in [-0.3, -0.25) is 0 Å². The molecule has 0 aromatic heterocycles. The summed E-state index contributed by atoms with van der Waals surface area (Å²) in [4.78, 5) is 0. The lowest BCUT2D eigenvalue weighted by Gasteiger charge is -2.03. The SMILES string of the molecule is C.C.C.COCCOCCOCCO. The zero-order valence-corrected chi connectivity index (χ0v) is 6.91. The summed E-state index contributed by atoms with van der Waals surface area (Å²) in [5, 5.41) is 8.32. The predicted octanol–water partition coefficient (Wildman–Crippen LogP) is 1.57. The van der Waals surface area contributed by atoms with E-state index >= 15 is 0 Å². The molecule has 0 amide bonds. The van der Waals surface area contributed by atoms with E-state index in [-0.39, 0.29) is 28.9 Å². The average molecular weight is 212 g/mol. The van der Waals surface area contributed by atoms with E-state index in [2.05, 4.69) is 0 Å². The maximum atomic E-state index is 8.32. The molecule has 0 aliphatic carbocycles. The summed E-state index contributed by atoms with van der Waals surface area (Å²) in [6.07, 6.45) is 0. The molecule has 0 aromatic carbocycles. The van der Waals surface area contributed by atoms with Crippen LogP contribution in [0.1, 0.15) is 22.3 Å². The standard InChI is InChI=1S/C7H16O4.3CH4/c1-9-4-5-11-7-6-10-3-2-8;;;/h8H,2-7H2,1H3;3*1H4. The molecule has 0 fully saturated rings. The molecule has 0 saturated heterocycles. The van der Waals surface area contributed by atoms with Gasteiger partial charge in [0, 0.05) is 7.11 Å². The number of ether oxygens (including phenoxy) is 3. The molecule has 0 aliphatic rings. The maximum absolute atomic E-state index is 8.32. The van der Waals surface area contributed by atoms with Crippen molar-refractivity contribution in [1.82, 2.24) is 0 Å². The number of methoxy groups -OCH3 is 1. The van der Waals surface area contributed by atoms with Gasteiger partial charge in [0.05, 0.1) is 39.6 Å². The van der Waals surface area contributed by atoms with Crippen LogP contribution in [-0.2, 0) is 14.2 Å². The van der Waals surface area contributed by atoms with E-state index in [1.54, 1.807) is 7.11 Å². The Kier molecular flexibility index (Phi) is 38.8. The monoisotopic (exact) mass is 212 g/mol. The van der Waals surface area contributed by atoms with Crippen LogP contribution in [0, 0.1) is 0 Å². The van der Waals surface area contributed by atoms with E-state index in [9.17, 15) is 0 Å². The van der Waals surface area contributed by atoms with E-state index in [1.807, 2.05) is 0 Å². The third kappa shape index (κ3) is 22.6. The lowest BCUT2D eigenvalue weighted by atomic mass is 10.7. The second kappa shape index (κ2) is 23.0. The fourth-order valence-electron chi connectivity index (χ4n) is 0.529. The van der Waals surface area contributed by atoms with Gasteiger partial charge in [-0.05, 0) is 0 Å². The molecule has 0 unspecified atom stereocenters. The van der Waals surface area contributed by atoms with E-state index in [4.69, 9.17) is 19.3 Å². The zero-order valence-electron chi connectivity index (χ0n) is 6.91. The summed E-state index contributed by atoms with van der Waals surface area (Å²) in [7, 11) is 1.63. The second-order valence-corrected chi connectivity index (χ2v) is 1.94. The minimum absolute atomic E-state index is 0. The van der Waals surface area contributed by atoms with E-state index in [0.29, 0.717) is 33.0 Å². The summed E-state index contributed by atoms with van der Waals surface area (Å²) < 4.78 is 14.8. The molecule has 0 rings (SSSR count). The Morgan fingerprint density at radius 3 is 1.64 bits per heavy atom. The van der Waals surface area contributed by atoms with Crippen LogP contribution < -0.4 is 0 Å². The van der Waals surface area contributed by atoms with Gasteiger partial charge in [0.25, 0.3) is 0 Å². The molecular weight excluding hydrogens is 184 g/mol. The van der Waals surface area contributed by atoms with Crippen molar-refractivity contribution in [3.8, 4) is 0 Å². The molecule has 0 atom stereocenters. The Bertz CT molecular complexity index is 61.1. The normalized spacial score (nSPS) is 8.14. The molecule has 4 heteroatoms. The molecule has 0 bridgehead atoms. The van der Waals surface area contributed by atoms with Gasteiger partial charge in [0.15, 0.2) is 0 Å². The first kappa shape index (κ1) is 23.6. The summed E-state index contributed by atoms with van der Waals surface area (Å²) in [6.45, 7) is 2.75. The van der Waals surface area contributed by atoms with Crippen molar-refractivity contribution in [2.45, 2.75) is 22.3 Å². The number of hydrogen-bond acceptors (Lipinski definition) is 4. The summed E-state index contributed by atoms with van der Waals surface area (Å²) in [5.74, 6) is 0. The lowest BCUT2D eigenvalue weighted by Crippen LogP contribution is -2.09. The predicted molar refractivity (Wildman–Crippen MR) is 60.8 cm³/mol. The molecule has 0 aliphatic heterocycles. The van der Waals surface area contributed by atoms with Crippen LogP contribution in [0.5, 0.6) is 0 Å². The van der Waals surface area contributed by atoms with Gasteiger partial charge >= 0.3 is 0 Å². The van der Waals surface area contributed by atoms with E-state index in [1.165, 1.54) is 0 Å². The summed E-state index contributed by atoms with van der Waals surface area (Å²) >= 11 is 0. The summed E-state index contributed by atoms with van der Waals surface area (Å²) in [6, 6.07) is 0. The number of aliphatic hydroxyl groups is 1. The Balaban J connectivity index is -0.000000167. The minimum Gasteiger partial charge on any atom is -0.394 e. The van der Waals surface area contributed by atoms with Crippen molar-refractivity contribution in [1.29, 1.82) is 0 Å². The number of rotatable bonds is 8. The van der Waals surface area contributed by atoms with Crippen LogP contribution in [0.25, 0.3) is 0 Å². The quantitative estimate of drug-likeness (QED) is 0.620. The molecule has 0 radical (unpaired) electrons. The van der Waals surface area contributed by atoms with Gasteiger partial charge in [0.1, 0.15) is 0 Å². The van der Waals surface area contributed by atoms with Crippen LogP contribution in [0.3, 0.4) is 0 Å². The fourth-order valence-corrected chi connectivity index (χ4v) is 0.529. The second-order valence-electron chi connectivity index (χ2n) is 1.94. The van der Waals surface area contributed by atoms with Crippen molar-refractivity contribution in [2.75, 3.05) is 46.8 Å². The van der Waals surface area contributed by atoms with Crippen molar-refractivity contribution < 1.29 is 19.3 Å². The first-order valence-corrected chi connectivity index (χ1v) is 3.67. The van der Waals surface area contributed by atoms with Crippen molar-refractivity contribution in [2.24, 2.45) is 0 Å². The molecule has 14 heavy (non-hydrogen) atoms. The highest BCUT2D eigenvalue weighted by Crippen LogP contribution is 1.78. The number of aliphatic hydroxyl groups excluding tert-OH is 1. The van der Waals surface area contributed by atoms with Gasteiger partial charge in [0.2, 0.25) is 0 Å². The first-order chi connectivity index (χ1) is 5.41. The maximum Gasteiger partial charge on any atom is 0.0701 e. The third-order valence-corrected chi connectivity index (χ3v) is 1.04. The van der Waals surface area contributed by atoms with Gasteiger partial charge in [-0.1, -0.05) is 22.3 Å². The lowest BCUT2D eigenvalue weighted by molar-refractivity contribution is 0.0159. The van der Waals surface area contributed by atoms with Gasteiger partial charge in [-0.2, -0.15) is 0 Å². The van der Waals surface area contributed by atoms with E-state index < -0.39 is 0 Å². The average Bonchev–Trinajstić information content (AvgIpc) is 2.03. The molecule has 0 heterocycles. The van der Waals surface area contributed by atoms with Crippen molar-refractivity contribution in [3.63, 3.8) is 0 Å². The van der Waals surface area contributed by atoms with Gasteiger partial charge in [-0.25, -0.2) is 0 Å². The highest BCUT2D eigenvalue weighted by atomic mass is 16.5. The Morgan fingerprint density at radius 2 is 1.21 bits per heavy atom. The van der Waals surface area contributed by atoms with Crippen LogP contribution >= 0.6 is 0 Å². The molecule has 1 N–H and O–H groups in total. The van der Waals surface area contributed by atoms with Crippen molar-refractivity contribution in [3.05, 3.63) is 0 Å². The van der Waals surface area contributed by atoms with Crippen LogP contribution in [0.2, 0.25) is 0 Å². The minimum atomic E-state index is 0. The number of hydrogen-bond donors (Lipinski definition) is 1. The molecule has 0 saturated carbocycles. The smallest absolute Gasteiger partial charge is 0.0701 e. The molecule has 0 spiro atoms. The third-order valence-electron chi connectivity index (χ3n) is 1.04. The van der Waals surface area contributed by atoms with E-state index in [0.717, 1.165) is 0 Å². The van der Waals surface area contributed by atoms with Crippen LogP contribution in [0.4, 0.5) is 0 Å².